The van der Waals surface area contributed by atoms with Crippen LogP contribution in [0, 0.1) is 35.0 Å². The van der Waals surface area contributed by atoms with Crippen molar-refractivity contribution in [3.8, 4) is 0 Å². The Morgan fingerprint density at radius 2 is 1.28 bits per heavy atom. The van der Waals surface area contributed by atoms with Crippen LogP contribution in [0.15, 0.2) is 0 Å². The van der Waals surface area contributed by atoms with E-state index < -0.39 is 46.7 Å². The van der Waals surface area contributed by atoms with Gasteiger partial charge in [-0.2, -0.15) is 0 Å². The lowest BCUT2D eigenvalue weighted by molar-refractivity contribution is 0.101. The largest absolute Gasteiger partial charge is 0.388 e. The smallest absolute Gasteiger partial charge is 0.200 e. The fourth-order valence-corrected chi connectivity index (χ4v) is 1.78. The van der Waals surface area contributed by atoms with Crippen LogP contribution in [0.4, 0.5) is 22.0 Å². The Morgan fingerprint density at radius 3 is 1.67 bits per heavy atom. The van der Waals surface area contributed by atoms with Gasteiger partial charge in [0.1, 0.15) is 0 Å². The molecule has 0 heterocycles. The quantitative estimate of drug-likeness (QED) is 0.499. The van der Waals surface area contributed by atoms with Crippen molar-refractivity contribution in [2.75, 3.05) is 0 Å². The van der Waals surface area contributed by atoms with Crippen molar-refractivity contribution in [2.45, 2.75) is 32.8 Å². The van der Waals surface area contributed by atoms with Crippen molar-refractivity contribution in [2.24, 2.45) is 5.92 Å². The molecule has 1 aromatic rings. The van der Waals surface area contributed by atoms with Crippen molar-refractivity contribution < 1.29 is 27.1 Å². The zero-order valence-corrected chi connectivity index (χ0v) is 9.91. The molecule has 1 nitrogen and oxygen atoms in total. The molecule has 18 heavy (non-hydrogen) atoms. The van der Waals surface area contributed by atoms with Crippen molar-refractivity contribution in [1.29, 1.82) is 0 Å². The molecule has 0 aliphatic rings. The van der Waals surface area contributed by atoms with Gasteiger partial charge in [0.05, 0.1) is 11.7 Å². The fraction of sp³-hybridized carbons (Fsp3) is 0.500. The number of rotatable bonds is 4. The molecule has 0 radical (unpaired) electrons. The number of hydrogen-bond donors (Lipinski definition) is 1. The normalized spacial score (nSPS) is 14.7. The molecule has 6 heteroatoms. The summed E-state index contributed by atoms with van der Waals surface area (Å²) in [6.07, 6.45) is -0.705. The van der Waals surface area contributed by atoms with E-state index in [0.717, 1.165) is 0 Å². The van der Waals surface area contributed by atoms with Gasteiger partial charge in [-0.05, 0) is 12.3 Å². The number of aliphatic hydroxyl groups is 1. The zero-order chi connectivity index (χ0) is 14.0. The van der Waals surface area contributed by atoms with Gasteiger partial charge in [0, 0.05) is 0 Å². The zero-order valence-electron chi connectivity index (χ0n) is 9.91. The van der Waals surface area contributed by atoms with Gasteiger partial charge in [-0.1, -0.05) is 20.3 Å². The number of hydrogen-bond acceptors (Lipinski definition) is 1. The van der Waals surface area contributed by atoms with E-state index in [1.54, 1.807) is 6.92 Å². The fourth-order valence-electron chi connectivity index (χ4n) is 1.78. The summed E-state index contributed by atoms with van der Waals surface area (Å²) < 4.78 is 65.4. The molecule has 0 saturated heterocycles. The van der Waals surface area contributed by atoms with E-state index in [-0.39, 0.29) is 0 Å². The molecule has 1 N–H and O–H groups in total. The minimum atomic E-state index is -2.22. The van der Waals surface area contributed by atoms with E-state index in [4.69, 9.17) is 0 Å². The van der Waals surface area contributed by atoms with Crippen LogP contribution in [0.1, 0.15) is 38.4 Å². The van der Waals surface area contributed by atoms with Gasteiger partial charge in [-0.3, -0.25) is 0 Å². The predicted molar refractivity (Wildman–Crippen MR) is 55.3 cm³/mol. The summed E-state index contributed by atoms with van der Waals surface area (Å²) in [6, 6.07) is 0. The van der Waals surface area contributed by atoms with Crippen molar-refractivity contribution in [3.05, 3.63) is 34.6 Å². The second kappa shape index (κ2) is 5.65. The minimum absolute atomic E-state index is 0.403. The average Bonchev–Trinajstić information content (AvgIpc) is 2.34. The van der Waals surface area contributed by atoms with Crippen LogP contribution in [-0.2, 0) is 0 Å². The topological polar surface area (TPSA) is 20.2 Å². The Bertz CT molecular complexity index is 418. The van der Waals surface area contributed by atoms with E-state index in [0.29, 0.717) is 12.8 Å². The van der Waals surface area contributed by atoms with E-state index in [9.17, 15) is 27.1 Å². The maximum absolute atomic E-state index is 13.4. The molecule has 1 rings (SSSR count). The van der Waals surface area contributed by atoms with Crippen LogP contribution >= 0.6 is 0 Å². The van der Waals surface area contributed by atoms with Crippen molar-refractivity contribution >= 4 is 0 Å². The van der Waals surface area contributed by atoms with Crippen LogP contribution in [0.2, 0.25) is 0 Å². The Balaban J connectivity index is 3.32. The summed E-state index contributed by atoms with van der Waals surface area (Å²) in [7, 11) is 0. The molecular formula is C12H13F5O. The predicted octanol–water partition coefficient (Wildman–Crippen LogP) is 3.85. The lowest BCUT2D eigenvalue weighted by Gasteiger charge is -2.20. The van der Waals surface area contributed by atoms with Crippen LogP contribution in [0.5, 0.6) is 0 Å². The SMILES string of the molecule is CCCC(C)C(O)c1c(F)c(F)c(F)c(F)c1F. The first-order valence-corrected chi connectivity index (χ1v) is 5.52. The summed E-state index contributed by atoms with van der Waals surface area (Å²) >= 11 is 0. The Labute approximate surface area is 101 Å². The maximum Gasteiger partial charge on any atom is 0.200 e. The summed E-state index contributed by atoms with van der Waals surface area (Å²) in [5.74, 6) is -10.8. The van der Waals surface area contributed by atoms with Crippen LogP contribution in [-0.4, -0.2) is 5.11 Å². The Kier molecular flexibility index (Phi) is 4.67. The Morgan fingerprint density at radius 1 is 0.889 bits per heavy atom. The Hall–Kier alpha value is -1.17. The lowest BCUT2D eigenvalue weighted by atomic mass is 9.92. The maximum atomic E-state index is 13.4. The minimum Gasteiger partial charge on any atom is -0.388 e. The third-order valence-corrected chi connectivity index (χ3v) is 2.82. The molecule has 0 saturated carbocycles. The molecule has 0 amide bonds. The van der Waals surface area contributed by atoms with Gasteiger partial charge < -0.3 is 5.11 Å². The van der Waals surface area contributed by atoms with Gasteiger partial charge >= 0.3 is 0 Å². The second-order valence-electron chi connectivity index (χ2n) is 4.19. The van der Waals surface area contributed by atoms with Crippen molar-refractivity contribution in [3.63, 3.8) is 0 Å². The molecule has 102 valence electrons. The molecule has 0 bridgehead atoms. The highest BCUT2D eigenvalue weighted by Crippen LogP contribution is 2.32. The van der Waals surface area contributed by atoms with Gasteiger partial charge in [0.25, 0.3) is 0 Å². The first-order chi connectivity index (χ1) is 8.32. The summed E-state index contributed by atoms with van der Waals surface area (Å²) in [4.78, 5) is 0. The number of aliphatic hydroxyl groups excluding tert-OH is 1. The van der Waals surface area contributed by atoms with Crippen LogP contribution < -0.4 is 0 Å². The van der Waals surface area contributed by atoms with E-state index in [2.05, 4.69) is 0 Å². The lowest BCUT2D eigenvalue weighted by Crippen LogP contribution is -2.16. The summed E-state index contributed by atoms with van der Waals surface area (Å²) in [5.41, 5.74) is -1.16. The number of halogens is 5. The highest BCUT2D eigenvalue weighted by molar-refractivity contribution is 5.26. The van der Waals surface area contributed by atoms with Gasteiger partial charge in [0.2, 0.25) is 5.82 Å². The molecule has 2 unspecified atom stereocenters. The highest BCUT2D eigenvalue weighted by Gasteiger charge is 2.31. The molecule has 1 aromatic carbocycles. The average molecular weight is 268 g/mol. The van der Waals surface area contributed by atoms with Gasteiger partial charge in [0.15, 0.2) is 23.3 Å². The first kappa shape index (κ1) is 14.9. The van der Waals surface area contributed by atoms with E-state index in [1.165, 1.54) is 6.92 Å². The number of benzene rings is 1. The third kappa shape index (κ3) is 2.48. The molecule has 0 fully saturated rings. The second-order valence-corrected chi connectivity index (χ2v) is 4.19. The van der Waals surface area contributed by atoms with Gasteiger partial charge in [-0.15, -0.1) is 0 Å². The van der Waals surface area contributed by atoms with Crippen LogP contribution in [0.3, 0.4) is 0 Å². The monoisotopic (exact) mass is 268 g/mol. The van der Waals surface area contributed by atoms with Crippen LogP contribution in [0.25, 0.3) is 0 Å². The first-order valence-electron chi connectivity index (χ1n) is 5.52. The summed E-state index contributed by atoms with van der Waals surface area (Å²) in [5, 5.41) is 9.69. The van der Waals surface area contributed by atoms with E-state index in [1.807, 2.05) is 0 Å². The highest BCUT2D eigenvalue weighted by atomic mass is 19.2. The molecule has 0 spiro atoms. The molecule has 0 aliphatic carbocycles. The standard InChI is InChI=1S/C12H13F5O/c1-3-4-5(2)12(18)6-7(13)9(15)11(17)10(16)8(6)14/h5,12,18H,3-4H2,1-2H3. The molecule has 0 aliphatic heterocycles. The van der Waals surface area contributed by atoms with Gasteiger partial charge in [-0.25, -0.2) is 22.0 Å². The molecule has 0 aromatic heterocycles. The van der Waals surface area contributed by atoms with Crippen molar-refractivity contribution in [1.82, 2.24) is 0 Å². The molecular weight excluding hydrogens is 255 g/mol. The summed E-state index contributed by atoms with van der Waals surface area (Å²) in [6.45, 7) is 3.26. The third-order valence-electron chi connectivity index (χ3n) is 2.82. The molecule has 2 atom stereocenters. The van der Waals surface area contributed by atoms with E-state index >= 15 is 0 Å².